The number of nitrogens with zero attached hydrogens (tertiary/aromatic N) is 2. The quantitative estimate of drug-likeness (QED) is 0.607. The number of aromatic nitrogens is 2. The minimum atomic E-state index is 0.901. The highest BCUT2D eigenvalue weighted by Gasteiger charge is 1.96. The monoisotopic (exact) mass is 227 g/mol. The van der Waals surface area contributed by atoms with Crippen molar-refractivity contribution in [2.45, 2.75) is 13.0 Å². The molecule has 0 atom stereocenters. The average Bonchev–Trinajstić information content (AvgIpc) is 2.89. The van der Waals surface area contributed by atoms with Gasteiger partial charge in [0.05, 0.1) is 6.33 Å². The largest absolute Gasteiger partial charge is 0.312 e. The van der Waals surface area contributed by atoms with Gasteiger partial charge in [0.25, 0.3) is 0 Å². The summed E-state index contributed by atoms with van der Waals surface area (Å²) in [7, 11) is 0. The Kier molecular flexibility index (Phi) is 4.11. The van der Waals surface area contributed by atoms with E-state index in [-0.39, 0.29) is 0 Å². The third kappa shape index (κ3) is 3.29. The molecule has 0 aliphatic rings. The molecular weight excluding hydrogens is 210 g/mol. The number of nitrogens with one attached hydrogen (secondary N) is 1. The summed E-state index contributed by atoms with van der Waals surface area (Å²) in [6.07, 6.45) is 8.46. The van der Waals surface area contributed by atoms with Crippen molar-refractivity contribution in [3.8, 4) is 5.69 Å². The number of rotatable bonds is 6. The van der Waals surface area contributed by atoms with E-state index < -0.39 is 0 Å². The highest BCUT2D eigenvalue weighted by atomic mass is 15.0. The first-order valence-electron chi connectivity index (χ1n) is 5.79. The molecule has 0 radical (unpaired) electrons. The molecule has 0 bridgehead atoms. The predicted octanol–water partition coefficient (Wildman–Crippen LogP) is 2.54. The van der Waals surface area contributed by atoms with Crippen molar-refractivity contribution >= 4 is 0 Å². The summed E-state index contributed by atoms with van der Waals surface area (Å²) in [6.45, 7) is 5.58. The zero-order chi connectivity index (χ0) is 11.9. The Hall–Kier alpha value is -1.87. The lowest BCUT2D eigenvalue weighted by Gasteiger charge is -2.05. The lowest BCUT2D eigenvalue weighted by molar-refractivity contribution is 0.696. The van der Waals surface area contributed by atoms with Crippen molar-refractivity contribution < 1.29 is 0 Å². The molecule has 17 heavy (non-hydrogen) atoms. The molecule has 0 fully saturated rings. The van der Waals surface area contributed by atoms with Gasteiger partial charge in [-0.25, -0.2) is 4.98 Å². The molecule has 0 aliphatic carbocycles. The molecule has 0 spiro atoms. The van der Waals surface area contributed by atoms with Gasteiger partial charge in [0.2, 0.25) is 0 Å². The normalized spacial score (nSPS) is 10.4. The van der Waals surface area contributed by atoms with Crippen LogP contribution < -0.4 is 5.32 Å². The van der Waals surface area contributed by atoms with Gasteiger partial charge >= 0.3 is 0 Å². The van der Waals surface area contributed by atoms with E-state index in [1.807, 2.05) is 16.8 Å². The van der Waals surface area contributed by atoms with Crippen LogP contribution in [0.25, 0.3) is 5.69 Å². The van der Waals surface area contributed by atoms with Crippen LogP contribution in [-0.2, 0) is 6.54 Å². The fourth-order valence-electron chi connectivity index (χ4n) is 1.63. The van der Waals surface area contributed by atoms with Crippen LogP contribution in [-0.4, -0.2) is 16.1 Å². The second kappa shape index (κ2) is 6.01. The fraction of sp³-hybridized carbons (Fsp3) is 0.214. The SMILES string of the molecule is C=CCCNCc1ccc(-n2ccnc2)cc1. The van der Waals surface area contributed by atoms with Crippen molar-refractivity contribution in [2.75, 3.05) is 6.54 Å². The molecular formula is C14H17N3. The minimum absolute atomic E-state index is 0.901. The molecule has 0 aliphatic heterocycles. The maximum atomic E-state index is 4.03. The summed E-state index contributed by atoms with van der Waals surface area (Å²) in [6, 6.07) is 8.48. The van der Waals surface area contributed by atoms with E-state index in [1.165, 1.54) is 5.56 Å². The van der Waals surface area contributed by atoms with E-state index in [4.69, 9.17) is 0 Å². The molecule has 0 saturated carbocycles. The van der Waals surface area contributed by atoms with Crippen LogP contribution in [0.2, 0.25) is 0 Å². The van der Waals surface area contributed by atoms with Gasteiger partial charge in [0, 0.05) is 24.6 Å². The van der Waals surface area contributed by atoms with Gasteiger partial charge in [0.1, 0.15) is 0 Å². The molecule has 1 aromatic heterocycles. The molecule has 88 valence electrons. The first-order valence-corrected chi connectivity index (χ1v) is 5.79. The van der Waals surface area contributed by atoms with Crippen LogP contribution in [0.1, 0.15) is 12.0 Å². The van der Waals surface area contributed by atoms with Crippen molar-refractivity contribution in [1.82, 2.24) is 14.9 Å². The van der Waals surface area contributed by atoms with Gasteiger partial charge in [-0.2, -0.15) is 0 Å². The number of hydrogen-bond acceptors (Lipinski definition) is 2. The van der Waals surface area contributed by atoms with Crippen LogP contribution in [0.5, 0.6) is 0 Å². The van der Waals surface area contributed by atoms with E-state index in [2.05, 4.69) is 41.1 Å². The third-order valence-electron chi connectivity index (χ3n) is 2.59. The van der Waals surface area contributed by atoms with E-state index >= 15 is 0 Å². The molecule has 2 aromatic rings. The predicted molar refractivity (Wildman–Crippen MR) is 70.1 cm³/mol. The van der Waals surface area contributed by atoms with E-state index in [0.29, 0.717) is 0 Å². The van der Waals surface area contributed by atoms with E-state index in [0.717, 1.165) is 25.2 Å². The van der Waals surface area contributed by atoms with Crippen LogP contribution in [0.15, 0.2) is 55.6 Å². The van der Waals surface area contributed by atoms with Gasteiger partial charge in [-0.05, 0) is 30.7 Å². The van der Waals surface area contributed by atoms with Crippen LogP contribution in [0.3, 0.4) is 0 Å². The summed E-state index contributed by atoms with van der Waals surface area (Å²) in [4.78, 5) is 4.03. The summed E-state index contributed by atoms with van der Waals surface area (Å²) in [5, 5.41) is 3.37. The van der Waals surface area contributed by atoms with E-state index in [9.17, 15) is 0 Å². The van der Waals surface area contributed by atoms with Gasteiger partial charge in [0.15, 0.2) is 0 Å². The molecule has 0 amide bonds. The van der Waals surface area contributed by atoms with Crippen molar-refractivity contribution in [1.29, 1.82) is 0 Å². The Balaban J connectivity index is 1.92. The number of benzene rings is 1. The zero-order valence-corrected chi connectivity index (χ0v) is 9.84. The number of hydrogen-bond donors (Lipinski definition) is 1. The smallest absolute Gasteiger partial charge is 0.0991 e. The van der Waals surface area contributed by atoms with Crippen LogP contribution >= 0.6 is 0 Å². The molecule has 1 N–H and O–H groups in total. The molecule has 3 heteroatoms. The topological polar surface area (TPSA) is 29.9 Å². The molecule has 0 saturated heterocycles. The Labute approximate surface area is 102 Å². The third-order valence-corrected chi connectivity index (χ3v) is 2.59. The molecule has 1 aromatic carbocycles. The summed E-state index contributed by atoms with van der Waals surface area (Å²) in [5.74, 6) is 0. The summed E-state index contributed by atoms with van der Waals surface area (Å²) < 4.78 is 1.99. The fourth-order valence-corrected chi connectivity index (χ4v) is 1.63. The molecule has 2 rings (SSSR count). The lowest BCUT2D eigenvalue weighted by Crippen LogP contribution is -2.13. The standard InChI is InChI=1S/C14H17N3/c1-2-3-8-15-11-13-4-6-14(7-5-13)17-10-9-16-12-17/h2,4-7,9-10,12,15H,1,3,8,11H2. The molecule has 0 unspecified atom stereocenters. The second-order valence-corrected chi connectivity index (χ2v) is 3.89. The minimum Gasteiger partial charge on any atom is -0.312 e. The first kappa shape index (κ1) is 11.6. The van der Waals surface area contributed by atoms with Gasteiger partial charge in [-0.3, -0.25) is 0 Å². The first-order chi connectivity index (χ1) is 8.40. The Morgan fingerprint density at radius 1 is 1.29 bits per heavy atom. The van der Waals surface area contributed by atoms with Crippen molar-refractivity contribution in [2.24, 2.45) is 0 Å². The molecule has 1 heterocycles. The maximum Gasteiger partial charge on any atom is 0.0991 e. The van der Waals surface area contributed by atoms with Crippen LogP contribution in [0, 0.1) is 0 Å². The van der Waals surface area contributed by atoms with E-state index in [1.54, 1.807) is 12.5 Å². The van der Waals surface area contributed by atoms with Crippen LogP contribution in [0.4, 0.5) is 0 Å². The zero-order valence-electron chi connectivity index (χ0n) is 9.84. The van der Waals surface area contributed by atoms with Gasteiger partial charge < -0.3 is 9.88 Å². The van der Waals surface area contributed by atoms with Crippen molar-refractivity contribution in [3.05, 3.63) is 61.2 Å². The Bertz CT molecular complexity index is 443. The Morgan fingerprint density at radius 3 is 2.76 bits per heavy atom. The molecule has 3 nitrogen and oxygen atoms in total. The summed E-state index contributed by atoms with van der Waals surface area (Å²) in [5.41, 5.74) is 2.43. The van der Waals surface area contributed by atoms with Crippen molar-refractivity contribution in [3.63, 3.8) is 0 Å². The van der Waals surface area contributed by atoms with Gasteiger partial charge in [-0.15, -0.1) is 6.58 Å². The second-order valence-electron chi connectivity index (χ2n) is 3.89. The number of imidazole rings is 1. The van der Waals surface area contributed by atoms with Gasteiger partial charge in [-0.1, -0.05) is 18.2 Å². The summed E-state index contributed by atoms with van der Waals surface area (Å²) >= 11 is 0. The average molecular weight is 227 g/mol. The maximum absolute atomic E-state index is 4.03. The highest BCUT2D eigenvalue weighted by molar-refractivity contribution is 5.34. The Morgan fingerprint density at radius 2 is 2.12 bits per heavy atom. The highest BCUT2D eigenvalue weighted by Crippen LogP contribution is 2.08. The lowest BCUT2D eigenvalue weighted by atomic mass is 10.2.